The largest absolute Gasteiger partial charge is 0.361 e. The Labute approximate surface area is 118 Å². The molecule has 0 saturated carbocycles. The van der Waals surface area contributed by atoms with Gasteiger partial charge in [-0.3, -0.25) is 4.68 Å². The summed E-state index contributed by atoms with van der Waals surface area (Å²) in [4.78, 5) is 0.145. The van der Waals surface area contributed by atoms with Crippen molar-refractivity contribution in [3.8, 4) is 0 Å². The maximum atomic E-state index is 12.1. The zero-order chi connectivity index (χ0) is 14.8. The minimum Gasteiger partial charge on any atom is -0.361 e. The summed E-state index contributed by atoms with van der Waals surface area (Å²) in [6.07, 6.45) is 2.82. The summed E-state index contributed by atoms with van der Waals surface area (Å²) in [6, 6.07) is 1.75. The van der Waals surface area contributed by atoms with Gasteiger partial charge in [0.15, 0.2) is 0 Å². The molecule has 2 heterocycles. The topological polar surface area (TPSA) is 90.0 Å². The summed E-state index contributed by atoms with van der Waals surface area (Å²) >= 11 is 0. The second-order valence-corrected chi connectivity index (χ2v) is 6.50. The molecule has 0 fully saturated rings. The first-order chi connectivity index (χ1) is 9.42. The second-order valence-electron chi connectivity index (χ2n) is 4.73. The van der Waals surface area contributed by atoms with Crippen LogP contribution in [0.2, 0.25) is 0 Å². The predicted molar refractivity (Wildman–Crippen MR) is 72.5 cm³/mol. The monoisotopic (exact) mass is 298 g/mol. The van der Waals surface area contributed by atoms with Gasteiger partial charge >= 0.3 is 0 Å². The number of aryl methyl sites for hydroxylation is 1. The fourth-order valence-corrected chi connectivity index (χ4v) is 2.54. The minimum absolute atomic E-state index is 0.0931. The zero-order valence-electron chi connectivity index (χ0n) is 11.7. The third kappa shape index (κ3) is 3.26. The summed E-state index contributed by atoms with van der Waals surface area (Å²) < 4.78 is 33.3. The molecule has 2 aromatic rings. The molecule has 0 aliphatic rings. The van der Waals surface area contributed by atoms with Gasteiger partial charge in [0, 0.05) is 24.7 Å². The van der Waals surface area contributed by atoms with Gasteiger partial charge in [-0.05, 0) is 6.92 Å². The van der Waals surface area contributed by atoms with E-state index in [2.05, 4.69) is 15.0 Å². The van der Waals surface area contributed by atoms with E-state index < -0.39 is 10.0 Å². The van der Waals surface area contributed by atoms with E-state index in [9.17, 15) is 8.42 Å². The van der Waals surface area contributed by atoms with Crippen molar-refractivity contribution < 1.29 is 12.9 Å². The number of rotatable bonds is 6. The summed E-state index contributed by atoms with van der Waals surface area (Å²) in [5.74, 6) is 0.952. The molecule has 110 valence electrons. The van der Waals surface area contributed by atoms with Crippen LogP contribution >= 0.6 is 0 Å². The first-order valence-electron chi connectivity index (χ1n) is 6.40. The van der Waals surface area contributed by atoms with Gasteiger partial charge in [-0.1, -0.05) is 19.0 Å². The Morgan fingerprint density at radius 2 is 2.20 bits per heavy atom. The summed E-state index contributed by atoms with van der Waals surface area (Å²) in [6.45, 7) is 6.56. The van der Waals surface area contributed by atoms with Gasteiger partial charge in [-0.2, -0.15) is 5.10 Å². The summed E-state index contributed by atoms with van der Waals surface area (Å²) in [5.41, 5.74) is 0.556. The normalized spacial score (nSPS) is 12.2. The van der Waals surface area contributed by atoms with Gasteiger partial charge in [0.25, 0.3) is 0 Å². The van der Waals surface area contributed by atoms with Crippen molar-refractivity contribution in [1.82, 2.24) is 19.7 Å². The molecule has 0 spiro atoms. The van der Waals surface area contributed by atoms with E-state index in [4.69, 9.17) is 4.52 Å². The van der Waals surface area contributed by atoms with Crippen molar-refractivity contribution in [1.29, 1.82) is 0 Å². The van der Waals surface area contributed by atoms with Crippen molar-refractivity contribution in [3.05, 3.63) is 29.9 Å². The molecule has 0 bridgehead atoms. The van der Waals surface area contributed by atoms with Crippen molar-refractivity contribution in [2.45, 2.75) is 44.7 Å². The average Bonchev–Trinajstić information content (AvgIpc) is 3.05. The van der Waals surface area contributed by atoms with Crippen LogP contribution in [0, 0.1) is 0 Å². The van der Waals surface area contributed by atoms with Crippen LogP contribution in [0.4, 0.5) is 0 Å². The van der Waals surface area contributed by atoms with Crippen LogP contribution in [0.3, 0.4) is 0 Å². The number of nitrogens with one attached hydrogen (secondary N) is 1. The molecule has 20 heavy (non-hydrogen) atoms. The Balaban J connectivity index is 2.04. The van der Waals surface area contributed by atoms with E-state index in [1.165, 1.54) is 12.4 Å². The van der Waals surface area contributed by atoms with E-state index in [1.807, 2.05) is 20.8 Å². The summed E-state index contributed by atoms with van der Waals surface area (Å²) in [7, 11) is -3.57. The third-order valence-electron chi connectivity index (χ3n) is 2.83. The van der Waals surface area contributed by atoms with Crippen LogP contribution in [0.15, 0.2) is 27.9 Å². The molecule has 0 aliphatic heterocycles. The van der Waals surface area contributed by atoms with E-state index in [0.717, 1.165) is 5.76 Å². The quantitative estimate of drug-likeness (QED) is 0.872. The Morgan fingerprint density at radius 1 is 1.45 bits per heavy atom. The number of nitrogens with zero attached hydrogens (tertiary/aromatic N) is 3. The lowest BCUT2D eigenvalue weighted by Crippen LogP contribution is -2.23. The highest BCUT2D eigenvalue weighted by Gasteiger charge is 2.17. The van der Waals surface area contributed by atoms with E-state index >= 15 is 0 Å². The van der Waals surface area contributed by atoms with Gasteiger partial charge in [-0.25, -0.2) is 13.1 Å². The molecule has 0 aliphatic carbocycles. The lowest BCUT2D eigenvalue weighted by atomic mass is 10.1. The molecule has 0 atom stereocenters. The SMILES string of the molecule is CCn1cc(S(=O)(=O)NCc2cc(C(C)C)on2)cn1. The Kier molecular flexibility index (Phi) is 4.24. The van der Waals surface area contributed by atoms with Crippen molar-refractivity contribution in [3.63, 3.8) is 0 Å². The van der Waals surface area contributed by atoms with Crippen LogP contribution in [-0.4, -0.2) is 23.4 Å². The van der Waals surface area contributed by atoms with Crippen molar-refractivity contribution in [2.75, 3.05) is 0 Å². The summed E-state index contributed by atoms with van der Waals surface area (Å²) in [5, 5.41) is 7.78. The number of hydrogen-bond acceptors (Lipinski definition) is 5. The third-order valence-corrected chi connectivity index (χ3v) is 4.19. The maximum absolute atomic E-state index is 12.1. The number of hydrogen-bond donors (Lipinski definition) is 1. The fraction of sp³-hybridized carbons (Fsp3) is 0.500. The minimum atomic E-state index is -3.57. The molecule has 8 heteroatoms. The number of aromatic nitrogens is 3. The van der Waals surface area contributed by atoms with Crippen LogP contribution in [0.25, 0.3) is 0 Å². The molecule has 0 unspecified atom stereocenters. The first-order valence-corrected chi connectivity index (χ1v) is 7.88. The van der Waals surface area contributed by atoms with Gasteiger partial charge in [0.05, 0.1) is 18.4 Å². The van der Waals surface area contributed by atoms with E-state index in [0.29, 0.717) is 12.2 Å². The van der Waals surface area contributed by atoms with Gasteiger partial charge < -0.3 is 4.52 Å². The van der Waals surface area contributed by atoms with E-state index in [-0.39, 0.29) is 17.4 Å². The van der Waals surface area contributed by atoms with Crippen LogP contribution in [-0.2, 0) is 23.1 Å². The van der Waals surface area contributed by atoms with Crippen LogP contribution in [0.1, 0.15) is 38.1 Å². The lowest BCUT2D eigenvalue weighted by Gasteiger charge is -2.01. The predicted octanol–water partition coefficient (Wildman–Crippen LogP) is 1.49. The highest BCUT2D eigenvalue weighted by Crippen LogP contribution is 2.15. The lowest BCUT2D eigenvalue weighted by molar-refractivity contribution is 0.365. The van der Waals surface area contributed by atoms with Crippen LogP contribution in [0.5, 0.6) is 0 Å². The number of sulfonamides is 1. The molecule has 0 aromatic carbocycles. The standard InChI is InChI=1S/C12H18N4O3S/c1-4-16-8-11(7-13-16)20(17,18)14-6-10-5-12(9(2)3)19-15-10/h5,7-9,14H,4,6H2,1-3H3. The molecule has 0 saturated heterocycles. The van der Waals surface area contributed by atoms with Gasteiger partial charge in [0.2, 0.25) is 10.0 Å². The van der Waals surface area contributed by atoms with Gasteiger partial charge in [-0.15, -0.1) is 0 Å². The zero-order valence-corrected chi connectivity index (χ0v) is 12.5. The average molecular weight is 298 g/mol. The van der Waals surface area contributed by atoms with Crippen molar-refractivity contribution in [2.24, 2.45) is 0 Å². The Bertz CT molecular complexity index is 672. The molecule has 2 rings (SSSR count). The Morgan fingerprint density at radius 3 is 2.75 bits per heavy atom. The molecule has 2 aromatic heterocycles. The maximum Gasteiger partial charge on any atom is 0.244 e. The highest BCUT2D eigenvalue weighted by atomic mass is 32.2. The van der Waals surface area contributed by atoms with Crippen molar-refractivity contribution >= 4 is 10.0 Å². The molecular formula is C12H18N4O3S. The fourth-order valence-electron chi connectivity index (χ4n) is 1.59. The first kappa shape index (κ1) is 14.7. The van der Waals surface area contributed by atoms with E-state index in [1.54, 1.807) is 10.7 Å². The highest BCUT2D eigenvalue weighted by molar-refractivity contribution is 7.89. The molecular weight excluding hydrogens is 280 g/mol. The van der Waals surface area contributed by atoms with Crippen LogP contribution < -0.4 is 4.72 Å². The molecule has 0 radical (unpaired) electrons. The molecule has 7 nitrogen and oxygen atoms in total. The smallest absolute Gasteiger partial charge is 0.244 e. The van der Waals surface area contributed by atoms with Gasteiger partial charge in [0.1, 0.15) is 10.7 Å². The molecule has 1 N–H and O–H groups in total. The second kappa shape index (κ2) is 5.76. The molecule has 0 amide bonds. The Hall–Kier alpha value is -1.67.